The molecule has 4 unspecified atom stereocenters. The van der Waals surface area contributed by atoms with Crippen LogP contribution in [0.5, 0.6) is 0 Å². The van der Waals surface area contributed by atoms with Crippen LogP contribution in [0.1, 0.15) is 66.2 Å². The summed E-state index contributed by atoms with van der Waals surface area (Å²) in [7, 11) is 0. The van der Waals surface area contributed by atoms with Crippen molar-refractivity contribution in [3.63, 3.8) is 0 Å². The lowest BCUT2D eigenvalue weighted by molar-refractivity contribution is -0.0961. The van der Waals surface area contributed by atoms with Crippen molar-refractivity contribution in [1.82, 2.24) is 0 Å². The number of ether oxygens (including phenoxy) is 1. The molecule has 0 bridgehead atoms. The van der Waals surface area contributed by atoms with Gasteiger partial charge in [-0.25, -0.2) is 0 Å². The average molecular weight is 241 g/mol. The summed E-state index contributed by atoms with van der Waals surface area (Å²) in [4.78, 5) is 0. The van der Waals surface area contributed by atoms with Gasteiger partial charge < -0.3 is 10.5 Å². The predicted molar refractivity (Wildman–Crippen MR) is 74.0 cm³/mol. The molecule has 2 heteroatoms. The van der Waals surface area contributed by atoms with E-state index in [1.54, 1.807) is 0 Å². The number of hydrogen-bond acceptors (Lipinski definition) is 2. The molecule has 0 aromatic rings. The van der Waals surface area contributed by atoms with Crippen LogP contribution < -0.4 is 5.73 Å². The highest BCUT2D eigenvalue weighted by Crippen LogP contribution is 2.38. The Bertz CT molecular complexity index is 215. The molecule has 0 heterocycles. The maximum Gasteiger partial charge on any atom is 0.0835 e. The van der Waals surface area contributed by atoms with Gasteiger partial charge in [0.05, 0.1) is 5.60 Å². The van der Waals surface area contributed by atoms with E-state index < -0.39 is 0 Å². The molecule has 0 radical (unpaired) electrons. The fraction of sp³-hybridized carbons (Fsp3) is 1.00. The van der Waals surface area contributed by atoms with E-state index in [1.807, 2.05) is 0 Å². The molecule has 1 aliphatic rings. The van der Waals surface area contributed by atoms with Crippen molar-refractivity contribution in [2.75, 3.05) is 6.61 Å². The second-order valence-electron chi connectivity index (χ2n) is 6.05. The second kappa shape index (κ2) is 6.75. The summed E-state index contributed by atoms with van der Waals surface area (Å²) in [6.45, 7) is 9.76. The molecule has 1 fully saturated rings. The Kier molecular flexibility index (Phi) is 5.94. The predicted octanol–water partition coefficient (Wildman–Crippen LogP) is 3.74. The molecular weight excluding hydrogens is 210 g/mol. The molecule has 17 heavy (non-hydrogen) atoms. The topological polar surface area (TPSA) is 35.2 Å². The Morgan fingerprint density at radius 3 is 2.65 bits per heavy atom. The number of nitrogens with two attached hydrogens (primary N) is 1. The fourth-order valence-corrected chi connectivity index (χ4v) is 3.22. The highest BCUT2D eigenvalue weighted by atomic mass is 16.5. The van der Waals surface area contributed by atoms with Crippen molar-refractivity contribution < 1.29 is 4.74 Å². The SMILES string of the molecule is CCOC1(C(N)CC(C)CC)CCCC(C)C1. The molecule has 0 aliphatic heterocycles. The summed E-state index contributed by atoms with van der Waals surface area (Å²) in [6.07, 6.45) is 7.23. The van der Waals surface area contributed by atoms with Crippen LogP contribution >= 0.6 is 0 Å². The highest BCUT2D eigenvalue weighted by molar-refractivity contribution is 4.96. The molecule has 4 atom stereocenters. The fourth-order valence-electron chi connectivity index (χ4n) is 3.22. The molecular formula is C15H31NO. The standard InChI is InChI=1S/C15H31NO/c1-5-12(3)10-14(16)15(17-6-2)9-7-8-13(4)11-15/h12-14H,5-11,16H2,1-4H3. The van der Waals surface area contributed by atoms with Gasteiger partial charge >= 0.3 is 0 Å². The van der Waals surface area contributed by atoms with Gasteiger partial charge in [0, 0.05) is 12.6 Å². The first-order valence-electron chi connectivity index (χ1n) is 7.43. The molecule has 1 saturated carbocycles. The third-order valence-corrected chi connectivity index (χ3v) is 4.45. The molecule has 0 spiro atoms. The zero-order valence-corrected chi connectivity index (χ0v) is 12.2. The first-order valence-corrected chi connectivity index (χ1v) is 7.43. The van der Waals surface area contributed by atoms with Crippen molar-refractivity contribution in [3.05, 3.63) is 0 Å². The van der Waals surface area contributed by atoms with Gasteiger partial charge in [0.15, 0.2) is 0 Å². The van der Waals surface area contributed by atoms with E-state index in [4.69, 9.17) is 10.5 Å². The van der Waals surface area contributed by atoms with E-state index in [0.717, 1.165) is 31.8 Å². The van der Waals surface area contributed by atoms with Gasteiger partial charge in [0.1, 0.15) is 0 Å². The summed E-state index contributed by atoms with van der Waals surface area (Å²) in [5, 5.41) is 0. The van der Waals surface area contributed by atoms with Crippen LogP contribution in [0.15, 0.2) is 0 Å². The minimum atomic E-state index is -0.0319. The molecule has 1 aliphatic carbocycles. The first-order chi connectivity index (χ1) is 8.04. The minimum Gasteiger partial charge on any atom is -0.374 e. The van der Waals surface area contributed by atoms with Crippen LogP contribution in [0.2, 0.25) is 0 Å². The molecule has 1 rings (SSSR count). The van der Waals surface area contributed by atoms with Gasteiger partial charge in [0.2, 0.25) is 0 Å². The lowest BCUT2D eigenvalue weighted by Crippen LogP contribution is -2.53. The van der Waals surface area contributed by atoms with Crippen LogP contribution in [-0.4, -0.2) is 18.2 Å². The number of rotatable bonds is 6. The van der Waals surface area contributed by atoms with Gasteiger partial charge in [0.25, 0.3) is 0 Å². The third kappa shape index (κ3) is 3.96. The lowest BCUT2D eigenvalue weighted by atomic mass is 9.72. The smallest absolute Gasteiger partial charge is 0.0835 e. The van der Waals surface area contributed by atoms with Crippen molar-refractivity contribution in [2.45, 2.75) is 77.9 Å². The van der Waals surface area contributed by atoms with Gasteiger partial charge in [-0.3, -0.25) is 0 Å². The van der Waals surface area contributed by atoms with Crippen molar-refractivity contribution in [1.29, 1.82) is 0 Å². The van der Waals surface area contributed by atoms with Gasteiger partial charge in [-0.1, -0.05) is 40.0 Å². The summed E-state index contributed by atoms with van der Waals surface area (Å²) in [5.74, 6) is 1.47. The van der Waals surface area contributed by atoms with Crippen molar-refractivity contribution in [3.8, 4) is 0 Å². The van der Waals surface area contributed by atoms with Gasteiger partial charge in [-0.05, 0) is 38.0 Å². The van der Waals surface area contributed by atoms with E-state index in [-0.39, 0.29) is 11.6 Å². The van der Waals surface area contributed by atoms with Crippen molar-refractivity contribution >= 4 is 0 Å². The number of hydrogen-bond donors (Lipinski definition) is 1. The maximum atomic E-state index is 6.48. The molecule has 2 nitrogen and oxygen atoms in total. The van der Waals surface area contributed by atoms with Crippen LogP contribution in [0.3, 0.4) is 0 Å². The zero-order valence-electron chi connectivity index (χ0n) is 12.2. The molecule has 102 valence electrons. The Balaban J connectivity index is 2.68. The van der Waals surface area contributed by atoms with Crippen LogP contribution in [0.25, 0.3) is 0 Å². The highest BCUT2D eigenvalue weighted by Gasteiger charge is 2.41. The molecule has 0 amide bonds. The summed E-state index contributed by atoms with van der Waals surface area (Å²) in [5.41, 5.74) is 6.45. The molecule has 0 aromatic carbocycles. The first kappa shape index (κ1) is 15.0. The lowest BCUT2D eigenvalue weighted by Gasteiger charge is -2.44. The van der Waals surface area contributed by atoms with E-state index in [9.17, 15) is 0 Å². The molecule has 0 saturated heterocycles. The Labute approximate surface area is 107 Å². The van der Waals surface area contributed by atoms with Crippen LogP contribution in [0, 0.1) is 11.8 Å². The summed E-state index contributed by atoms with van der Waals surface area (Å²) in [6, 6.07) is 0.208. The molecule has 2 N–H and O–H groups in total. The zero-order chi connectivity index (χ0) is 12.9. The second-order valence-corrected chi connectivity index (χ2v) is 6.05. The monoisotopic (exact) mass is 241 g/mol. The van der Waals surface area contributed by atoms with Gasteiger partial charge in [-0.15, -0.1) is 0 Å². The van der Waals surface area contributed by atoms with E-state index >= 15 is 0 Å². The average Bonchev–Trinajstić information content (AvgIpc) is 2.29. The normalized spacial score (nSPS) is 33.4. The quantitative estimate of drug-likeness (QED) is 0.769. The largest absolute Gasteiger partial charge is 0.374 e. The Hall–Kier alpha value is -0.0800. The van der Waals surface area contributed by atoms with E-state index in [2.05, 4.69) is 27.7 Å². The van der Waals surface area contributed by atoms with E-state index in [1.165, 1.54) is 19.3 Å². The van der Waals surface area contributed by atoms with Gasteiger partial charge in [-0.2, -0.15) is 0 Å². The summed E-state index contributed by atoms with van der Waals surface area (Å²) < 4.78 is 6.12. The maximum absolute atomic E-state index is 6.48. The third-order valence-electron chi connectivity index (χ3n) is 4.45. The minimum absolute atomic E-state index is 0.0319. The van der Waals surface area contributed by atoms with Crippen LogP contribution in [-0.2, 0) is 4.74 Å². The Morgan fingerprint density at radius 2 is 2.12 bits per heavy atom. The summed E-state index contributed by atoms with van der Waals surface area (Å²) >= 11 is 0. The van der Waals surface area contributed by atoms with Crippen molar-refractivity contribution in [2.24, 2.45) is 17.6 Å². The molecule has 0 aromatic heterocycles. The van der Waals surface area contributed by atoms with Crippen LogP contribution in [0.4, 0.5) is 0 Å². The van der Waals surface area contributed by atoms with E-state index in [0.29, 0.717) is 5.92 Å². The Morgan fingerprint density at radius 1 is 1.41 bits per heavy atom.